The molecule has 0 aliphatic heterocycles. The molecule has 0 aliphatic carbocycles. The lowest BCUT2D eigenvalue weighted by atomic mass is 10.1. The normalized spacial score (nSPS) is 12.7. The molecule has 0 saturated heterocycles. The number of pyridine rings is 1. The average Bonchev–Trinajstić information content (AvgIpc) is 2.26. The summed E-state index contributed by atoms with van der Waals surface area (Å²) in [7, 11) is 0. The van der Waals surface area contributed by atoms with E-state index in [0.29, 0.717) is 0 Å². The summed E-state index contributed by atoms with van der Waals surface area (Å²) in [6.07, 6.45) is 7.33. The highest BCUT2D eigenvalue weighted by Gasteiger charge is 1.95. The Morgan fingerprint density at radius 2 is 2.00 bits per heavy atom. The summed E-state index contributed by atoms with van der Waals surface area (Å²) in [6, 6.07) is 3.89. The van der Waals surface area contributed by atoms with E-state index in [0.717, 1.165) is 16.7 Å². The molecule has 0 saturated carbocycles. The van der Waals surface area contributed by atoms with Crippen LogP contribution in [0.1, 0.15) is 26.3 Å². The molecule has 0 bridgehead atoms. The molecule has 0 unspecified atom stereocenters. The van der Waals surface area contributed by atoms with E-state index in [9.17, 15) is 4.79 Å². The van der Waals surface area contributed by atoms with Gasteiger partial charge in [-0.2, -0.15) is 0 Å². The van der Waals surface area contributed by atoms with Crippen LogP contribution in [-0.2, 0) is 4.79 Å². The summed E-state index contributed by atoms with van der Waals surface area (Å²) in [4.78, 5) is 15.0. The van der Waals surface area contributed by atoms with Crippen molar-refractivity contribution in [2.24, 2.45) is 0 Å². The average molecular weight is 201 g/mol. The zero-order valence-electron chi connectivity index (χ0n) is 9.32. The molecule has 1 heterocycles. The maximum atomic E-state index is 11.0. The maximum Gasteiger partial charge on any atom is 0.155 e. The van der Waals surface area contributed by atoms with Crippen LogP contribution in [0.4, 0.5) is 0 Å². The SMILES string of the molecule is CC(=O)/C(C)=C/C=C(\C)c1cccnc1. The lowest BCUT2D eigenvalue weighted by molar-refractivity contribution is -0.113. The summed E-state index contributed by atoms with van der Waals surface area (Å²) in [5, 5.41) is 0. The highest BCUT2D eigenvalue weighted by molar-refractivity contribution is 5.93. The Morgan fingerprint density at radius 3 is 2.53 bits per heavy atom. The Morgan fingerprint density at radius 1 is 1.27 bits per heavy atom. The van der Waals surface area contributed by atoms with E-state index in [-0.39, 0.29) is 5.78 Å². The number of hydrogen-bond acceptors (Lipinski definition) is 2. The van der Waals surface area contributed by atoms with E-state index < -0.39 is 0 Å². The van der Waals surface area contributed by atoms with E-state index >= 15 is 0 Å². The van der Waals surface area contributed by atoms with Gasteiger partial charge in [0.1, 0.15) is 0 Å². The first kappa shape index (κ1) is 11.4. The zero-order valence-corrected chi connectivity index (χ0v) is 9.32. The van der Waals surface area contributed by atoms with Gasteiger partial charge in [-0.25, -0.2) is 0 Å². The van der Waals surface area contributed by atoms with Gasteiger partial charge in [0.25, 0.3) is 0 Å². The first-order valence-electron chi connectivity index (χ1n) is 4.88. The van der Waals surface area contributed by atoms with Gasteiger partial charge in [-0.1, -0.05) is 18.2 Å². The Hall–Kier alpha value is -1.70. The molecule has 0 radical (unpaired) electrons. The minimum absolute atomic E-state index is 0.102. The van der Waals surface area contributed by atoms with Crippen molar-refractivity contribution in [3.8, 4) is 0 Å². The van der Waals surface area contributed by atoms with E-state index in [1.807, 2.05) is 44.3 Å². The largest absolute Gasteiger partial charge is 0.295 e. The molecule has 0 aliphatic rings. The van der Waals surface area contributed by atoms with Gasteiger partial charge in [0.2, 0.25) is 0 Å². The van der Waals surface area contributed by atoms with E-state index in [1.54, 1.807) is 13.1 Å². The van der Waals surface area contributed by atoms with E-state index in [2.05, 4.69) is 4.98 Å². The van der Waals surface area contributed by atoms with Crippen molar-refractivity contribution < 1.29 is 4.79 Å². The fourth-order valence-electron chi connectivity index (χ4n) is 1.06. The highest BCUT2D eigenvalue weighted by Crippen LogP contribution is 2.12. The molecular formula is C13H15NO. The monoisotopic (exact) mass is 201 g/mol. The minimum Gasteiger partial charge on any atom is -0.295 e. The highest BCUT2D eigenvalue weighted by atomic mass is 16.1. The number of carbonyl (C=O) groups excluding carboxylic acids is 1. The summed E-state index contributed by atoms with van der Waals surface area (Å²) in [6.45, 7) is 5.38. The van der Waals surface area contributed by atoms with Crippen molar-refractivity contribution in [3.63, 3.8) is 0 Å². The smallest absolute Gasteiger partial charge is 0.155 e. The number of hydrogen-bond donors (Lipinski definition) is 0. The van der Waals surface area contributed by atoms with E-state index in [4.69, 9.17) is 0 Å². The van der Waals surface area contributed by atoms with Crippen LogP contribution in [0.2, 0.25) is 0 Å². The molecule has 0 N–H and O–H groups in total. The molecule has 2 nitrogen and oxygen atoms in total. The van der Waals surface area contributed by atoms with Crippen molar-refractivity contribution >= 4 is 11.4 Å². The number of nitrogens with zero attached hydrogens (tertiary/aromatic N) is 1. The number of Topliss-reactive ketones (excluding diaryl/α,β-unsaturated/α-hetero) is 1. The first-order valence-corrected chi connectivity index (χ1v) is 4.88. The molecule has 1 rings (SSSR count). The maximum absolute atomic E-state index is 11.0. The third-order valence-corrected chi connectivity index (χ3v) is 2.26. The van der Waals surface area contributed by atoms with Crippen molar-refractivity contribution in [2.75, 3.05) is 0 Å². The van der Waals surface area contributed by atoms with E-state index in [1.165, 1.54) is 0 Å². The predicted octanol–water partition coefficient (Wildman–Crippen LogP) is 3.02. The lowest BCUT2D eigenvalue weighted by Crippen LogP contribution is -1.90. The number of aromatic nitrogens is 1. The molecule has 1 aromatic rings. The number of carbonyl (C=O) groups is 1. The molecule has 78 valence electrons. The Labute approximate surface area is 90.4 Å². The van der Waals surface area contributed by atoms with Gasteiger partial charge in [0.15, 0.2) is 5.78 Å². The lowest BCUT2D eigenvalue weighted by Gasteiger charge is -1.98. The second-order valence-electron chi connectivity index (χ2n) is 3.50. The van der Waals surface area contributed by atoms with Gasteiger partial charge < -0.3 is 0 Å². The molecule has 0 aromatic carbocycles. The zero-order chi connectivity index (χ0) is 11.3. The number of allylic oxidation sites excluding steroid dienone is 4. The Bertz CT molecular complexity index is 402. The van der Waals surface area contributed by atoms with Crippen LogP contribution in [0.3, 0.4) is 0 Å². The second-order valence-corrected chi connectivity index (χ2v) is 3.50. The first-order chi connectivity index (χ1) is 7.11. The molecule has 0 fully saturated rings. The fraction of sp³-hybridized carbons (Fsp3) is 0.231. The minimum atomic E-state index is 0.102. The van der Waals surface area contributed by atoms with Crippen LogP contribution >= 0.6 is 0 Å². The number of ketones is 1. The molecule has 2 heteroatoms. The van der Waals surface area contributed by atoms with Gasteiger partial charge in [0.05, 0.1) is 0 Å². The molecule has 15 heavy (non-hydrogen) atoms. The number of rotatable bonds is 3. The van der Waals surface area contributed by atoms with Gasteiger partial charge in [-0.3, -0.25) is 9.78 Å². The summed E-state index contributed by atoms with van der Waals surface area (Å²) in [5.41, 5.74) is 2.94. The van der Waals surface area contributed by atoms with Crippen molar-refractivity contribution in [1.29, 1.82) is 0 Å². The topological polar surface area (TPSA) is 30.0 Å². The predicted molar refractivity (Wildman–Crippen MR) is 62.3 cm³/mol. The summed E-state index contributed by atoms with van der Waals surface area (Å²) >= 11 is 0. The molecular weight excluding hydrogens is 186 g/mol. The van der Waals surface area contributed by atoms with Crippen molar-refractivity contribution in [2.45, 2.75) is 20.8 Å². The van der Waals surface area contributed by atoms with Gasteiger partial charge >= 0.3 is 0 Å². The van der Waals surface area contributed by atoms with Gasteiger partial charge in [-0.05, 0) is 43.5 Å². The third kappa shape index (κ3) is 3.50. The third-order valence-electron chi connectivity index (χ3n) is 2.26. The van der Waals surface area contributed by atoms with Crippen LogP contribution in [0, 0.1) is 0 Å². The van der Waals surface area contributed by atoms with Crippen LogP contribution in [-0.4, -0.2) is 10.8 Å². The van der Waals surface area contributed by atoms with Crippen LogP contribution in [0.15, 0.2) is 42.3 Å². The van der Waals surface area contributed by atoms with Crippen LogP contribution in [0.5, 0.6) is 0 Å². The Kier molecular flexibility index (Phi) is 3.98. The second kappa shape index (κ2) is 5.25. The van der Waals surface area contributed by atoms with Crippen LogP contribution in [0.25, 0.3) is 5.57 Å². The molecule has 0 atom stereocenters. The van der Waals surface area contributed by atoms with Crippen molar-refractivity contribution in [1.82, 2.24) is 4.98 Å². The van der Waals surface area contributed by atoms with Crippen molar-refractivity contribution in [3.05, 3.63) is 47.8 Å². The molecule has 0 spiro atoms. The van der Waals surface area contributed by atoms with Gasteiger partial charge in [0, 0.05) is 12.4 Å². The Balaban J connectivity index is 2.86. The van der Waals surface area contributed by atoms with Gasteiger partial charge in [-0.15, -0.1) is 0 Å². The van der Waals surface area contributed by atoms with Crippen LogP contribution < -0.4 is 0 Å². The summed E-state index contributed by atoms with van der Waals surface area (Å²) < 4.78 is 0. The fourth-order valence-corrected chi connectivity index (χ4v) is 1.06. The standard InChI is InChI=1S/C13H15NO/c1-10(12(3)15)6-7-11(2)13-5-4-8-14-9-13/h4-9H,1-3H3/b10-6+,11-7+. The quantitative estimate of drug-likeness (QED) is 0.555. The molecule has 0 amide bonds. The molecule has 1 aromatic heterocycles. The summed E-state index contributed by atoms with van der Waals surface area (Å²) in [5.74, 6) is 0.102.